The third kappa shape index (κ3) is 1.94. The molecule has 2 saturated carbocycles. The minimum atomic E-state index is 0.662. The van der Waals surface area contributed by atoms with E-state index in [9.17, 15) is 0 Å². The fourth-order valence-corrected chi connectivity index (χ4v) is 5.36. The molecule has 1 heterocycles. The summed E-state index contributed by atoms with van der Waals surface area (Å²) in [5, 5.41) is 0. The molecule has 0 aromatic rings. The fraction of sp³-hybridized carbons (Fsp3) is 1.00. The number of nitrogens with zero attached hydrogens (tertiary/aromatic N) is 1. The minimum absolute atomic E-state index is 0.662. The highest BCUT2D eigenvalue weighted by atomic mass is 35.5. The summed E-state index contributed by atoms with van der Waals surface area (Å²) in [6.07, 6.45) is 6.00. The van der Waals surface area contributed by atoms with Crippen LogP contribution >= 0.6 is 23.4 Å². The minimum Gasteiger partial charge on any atom is -0.294 e. The third-order valence-corrected chi connectivity index (χ3v) is 6.03. The zero-order chi connectivity index (χ0) is 10.3. The summed E-state index contributed by atoms with van der Waals surface area (Å²) in [6, 6.07) is 1.56. The standard InChI is InChI=1S/C12H20ClNS/c13-7-11-8-15-4-3-14(11)12-6-9-1-2-10(12)5-9/h9-12H,1-8H2. The molecule has 0 spiro atoms. The van der Waals surface area contributed by atoms with Gasteiger partial charge < -0.3 is 0 Å². The van der Waals surface area contributed by atoms with Gasteiger partial charge in [0.05, 0.1) is 0 Å². The summed E-state index contributed by atoms with van der Waals surface area (Å²) in [6.45, 7) is 1.29. The Morgan fingerprint density at radius 1 is 1.27 bits per heavy atom. The summed E-state index contributed by atoms with van der Waals surface area (Å²) < 4.78 is 0. The molecule has 3 aliphatic rings. The van der Waals surface area contributed by atoms with Crippen molar-refractivity contribution >= 4 is 23.4 Å². The number of thioether (sulfide) groups is 1. The highest BCUT2D eigenvalue weighted by molar-refractivity contribution is 7.99. The molecule has 4 unspecified atom stereocenters. The van der Waals surface area contributed by atoms with Gasteiger partial charge >= 0.3 is 0 Å². The lowest BCUT2D eigenvalue weighted by molar-refractivity contribution is 0.116. The van der Waals surface area contributed by atoms with Crippen molar-refractivity contribution < 1.29 is 0 Å². The molecule has 0 N–H and O–H groups in total. The van der Waals surface area contributed by atoms with Gasteiger partial charge in [-0.25, -0.2) is 0 Å². The molecule has 1 saturated heterocycles. The molecule has 1 aliphatic heterocycles. The van der Waals surface area contributed by atoms with Crippen molar-refractivity contribution in [2.24, 2.45) is 11.8 Å². The quantitative estimate of drug-likeness (QED) is 0.689. The van der Waals surface area contributed by atoms with Crippen molar-refractivity contribution in [3.05, 3.63) is 0 Å². The maximum atomic E-state index is 6.10. The van der Waals surface area contributed by atoms with Crippen LogP contribution in [-0.4, -0.2) is 40.9 Å². The van der Waals surface area contributed by atoms with Gasteiger partial charge in [0.15, 0.2) is 0 Å². The van der Waals surface area contributed by atoms with Gasteiger partial charge in [0, 0.05) is 36.0 Å². The first-order valence-electron chi connectivity index (χ1n) is 6.28. The summed E-state index contributed by atoms with van der Waals surface area (Å²) in [7, 11) is 0. The SMILES string of the molecule is ClCC1CSCCN1C1CC2CCC1C2. The van der Waals surface area contributed by atoms with Crippen molar-refractivity contribution in [1.82, 2.24) is 4.90 Å². The number of halogens is 1. The van der Waals surface area contributed by atoms with Crippen molar-refractivity contribution in [1.29, 1.82) is 0 Å². The average Bonchev–Trinajstić information content (AvgIpc) is 2.90. The van der Waals surface area contributed by atoms with Gasteiger partial charge in [-0.3, -0.25) is 4.90 Å². The highest BCUT2D eigenvalue weighted by Crippen LogP contribution is 2.47. The summed E-state index contributed by atoms with van der Waals surface area (Å²) in [5.74, 6) is 5.49. The van der Waals surface area contributed by atoms with E-state index in [2.05, 4.69) is 16.7 Å². The molecule has 4 atom stereocenters. The van der Waals surface area contributed by atoms with Gasteiger partial charge in [-0.15, -0.1) is 11.6 Å². The number of rotatable bonds is 2. The predicted molar refractivity (Wildman–Crippen MR) is 67.8 cm³/mol. The Bertz CT molecular complexity index is 236. The summed E-state index contributed by atoms with van der Waals surface area (Å²) >= 11 is 8.18. The van der Waals surface area contributed by atoms with Crippen molar-refractivity contribution in [2.45, 2.75) is 37.8 Å². The van der Waals surface area contributed by atoms with E-state index < -0.39 is 0 Å². The second-order valence-corrected chi connectivity index (χ2v) is 6.82. The van der Waals surface area contributed by atoms with E-state index in [1.807, 2.05) is 0 Å². The highest BCUT2D eigenvalue weighted by Gasteiger charge is 2.44. The summed E-state index contributed by atoms with van der Waals surface area (Å²) in [5.41, 5.74) is 0. The topological polar surface area (TPSA) is 3.24 Å². The van der Waals surface area contributed by atoms with Gasteiger partial charge in [-0.05, 0) is 31.1 Å². The molecule has 0 amide bonds. The molecule has 15 heavy (non-hydrogen) atoms. The fourth-order valence-electron chi connectivity index (χ4n) is 3.85. The number of alkyl halides is 1. The lowest BCUT2D eigenvalue weighted by Crippen LogP contribution is -2.51. The van der Waals surface area contributed by atoms with E-state index in [1.165, 1.54) is 43.7 Å². The molecule has 2 aliphatic carbocycles. The molecule has 1 nitrogen and oxygen atoms in total. The molecular formula is C12H20ClNS. The molecule has 3 rings (SSSR count). The van der Waals surface area contributed by atoms with E-state index in [0.717, 1.165) is 23.8 Å². The van der Waals surface area contributed by atoms with Crippen LogP contribution in [0, 0.1) is 11.8 Å². The van der Waals surface area contributed by atoms with Gasteiger partial charge in [0.25, 0.3) is 0 Å². The smallest absolute Gasteiger partial charge is 0.0387 e. The van der Waals surface area contributed by atoms with E-state index in [0.29, 0.717) is 6.04 Å². The molecule has 0 aromatic heterocycles. The predicted octanol–water partition coefficient (Wildman–Crippen LogP) is 2.83. The van der Waals surface area contributed by atoms with Crippen LogP contribution in [0.3, 0.4) is 0 Å². The van der Waals surface area contributed by atoms with Crippen molar-refractivity contribution in [2.75, 3.05) is 23.9 Å². The van der Waals surface area contributed by atoms with Gasteiger partial charge in [-0.2, -0.15) is 11.8 Å². The van der Waals surface area contributed by atoms with E-state index >= 15 is 0 Å². The maximum Gasteiger partial charge on any atom is 0.0387 e. The Morgan fingerprint density at radius 3 is 2.87 bits per heavy atom. The largest absolute Gasteiger partial charge is 0.294 e. The molecule has 0 radical (unpaired) electrons. The van der Waals surface area contributed by atoms with Crippen molar-refractivity contribution in [3.63, 3.8) is 0 Å². The molecule has 0 aromatic carbocycles. The second kappa shape index (κ2) is 4.46. The third-order valence-electron chi connectivity index (χ3n) is 4.58. The molecule has 3 heteroatoms. The molecule has 86 valence electrons. The zero-order valence-electron chi connectivity index (χ0n) is 9.20. The monoisotopic (exact) mass is 245 g/mol. The van der Waals surface area contributed by atoms with Crippen molar-refractivity contribution in [3.8, 4) is 0 Å². The first-order valence-corrected chi connectivity index (χ1v) is 7.97. The summed E-state index contributed by atoms with van der Waals surface area (Å²) in [4.78, 5) is 2.76. The lowest BCUT2D eigenvalue weighted by Gasteiger charge is -2.42. The maximum absolute atomic E-state index is 6.10. The number of hydrogen-bond donors (Lipinski definition) is 0. The zero-order valence-corrected chi connectivity index (χ0v) is 10.8. The Labute approximate surface area is 102 Å². The van der Waals surface area contributed by atoms with Gasteiger partial charge in [0.2, 0.25) is 0 Å². The van der Waals surface area contributed by atoms with Crippen LogP contribution < -0.4 is 0 Å². The van der Waals surface area contributed by atoms with Crippen LogP contribution in [0.2, 0.25) is 0 Å². The molecule has 3 fully saturated rings. The normalized spacial score (nSPS) is 46.2. The average molecular weight is 246 g/mol. The first-order chi connectivity index (χ1) is 7.38. The van der Waals surface area contributed by atoms with Gasteiger partial charge in [-0.1, -0.05) is 6.42 Å². The Morgan fingerprint density at radius 2 is 2.20 bits per heavy atom. The van der Waals surface area contributed by atoms with Gasteiger partial charge in [0.1, 0.15) is 0 Å². The lowest BCUT2D eigenvalue weighted by atomic mass is 9.93. The molecule has 2 bridgehead atoms. The first kappa shape index (κ1) is 10.7. The Hall–Kier alpha value is 0.600. The Balaban J connectivity index is 1.69. The number of fused-ring (bicyclic) bond motifs is 2. The van der Waals surface area contributed by atoms with Crippen LogP contribution in [-0.2, 0) is 0 Å². The van der Waals surface area contributed by atoms with Crippen LogP contribution in [0.1, 0.15) is 25.7 Å². The van der Waals surface area contributed by atoms with E-state index in [4.69, 9.17) is 11.6 Å². The van der Waals surface area contributed by atoms with E-state index in [-0.39, 0.29) is 0 Å². The van der Waals surface area contributed by atoms with Crippen LogP contribution in [0.15, 0.2) is 0 Å². The second-order valence-electron chi connectivity index (χ2n) is 5.36. The molecular weight excluding hydrogens is 226 g/mol. The Kier molecular flexibility index (Phi) is 3.19. The van der Waals surface area contributed by atoms with Crippen LogP contribution in [0.4, 0.5) is 0 Å². The van der Waals surface area contributed by atoms with E-state index in [1.54, 1.807) is 0 Å². The van der Waals surface area contributed by atoms with Crippen LogP contribution in [0.5, 0.6) is 0 Å². The number of hydrogen-bond acceptors (Lipinski definition) is 2. The van der Waals surface area contributed by atoms with Crippen LogP contribution in [0.25, 0.3) is 0 Å².